The van der Waals surface area contributed by atoms with Crippen molar-refractivity contribution in [1.29, 1.82) is 0 Å². The molecule has 0 saturated carbocycles. The smallest absolute Gasteiger partial charge is 0.344 e. The van der Waals surface area contributed by atoms with Gasteiger partial charge in [0.15, 0.2) is 6.10 Å². The van der Waals surface area contributed by atoms with Gasteiger partial charge in [0.05, 0.1) is 12.2 Å². The van der Waals surface area contributed by atoms with Gasteiger partial charge in [0.25, 0.3) is 5.92 Å². The van der Waals surface area contributed by atoms with Gasteiger partial charge in [-0.3, -0.25) is 0 Å². The number of carboxylic acids is 1. The monoisotopic (exact) mass is 352 g/mol. The van der Waals surface area contributed by atoms with E-state index in [0.29, 0.717) is 4.47 Å². The summed E-state index contributed by atoms with van der Waals surface area (Å²) in [5.41, 5.74) is -0.364. The maximum atomic E-state index is 14.1. The number of carbonyl (C=O) groups is 1. The summed E-state index contributed by atoms with van der Waals surface area (Å²) in [5, 5.41) is 8.79. The Hall–Kier alpha value is -1.21. The molecule has 1 N–H and O–H groups in total. The van der Waals surface area contributed by atoms with Gasteiger partial charge in [-0.15, -0.1) is 0 Å². The van der Waals surface area contributed by atoms with Crippen molar-refractivity contribution >= 4 is 21.9 Å². The Morgan fingerprint density at radius 3 is 2.70 bits per heavy atom. The number of ether oxygens (including phenoxy) is 2. The topological polar surface area (TPSA) is 55.8 Å². The normalized spacial score (nSPS) is 13.1. The largest absolute Gasteiger partial charge is 0.479 e. The van der Waals surface area contributed by atoms with E-state index in [0.717, 1.165) is 0 Å². The quantitative estimate of drug-likeness (QED) is 0.816. The Morgan fingerprint density at radius 2 is 2.15 bits per heavy atom. The third-order valence-corrected chi connectivity index (χ3v) is 3.10. The molecule has 0 saturated heterocycles. The van der Waals surface area contributed by atoms with Crippen molar-refractivity contribution in [2.24, 2.45) is 0 Å². The molecule has 112 valence electrons. The van der Waals surface area contributed by atoms with Crippen molar-refractivity contribution in [3.8, 4) is 5.75 Å². The summed E-state index contributed by atoms with van der Waals surface area (Å²) in [7, 11) is 1.33. The van der Waals surface area contributed by atoms with Crippen LogP contribution in [0.25, 0.3) is 0 Å². The molecule has 0 heterocycles. The van der Waals surface area contributed by atoms with E-state index in [1.807, 2.05) is 0 Å². The maximum Gasteiger partial charge on any atom is 0.344 e. The van der Waals surface area contributed by atoms with Crippen molar-refractivity contribution in [2.45, 2.75) is 25.4 Å². The fraction of sp³-hybridized carbons (Fsp3) is 0.462. The lowest BCUT2D eigenvalue weighted by molar-refractivity contribution is -0.144. The first-order chi connectivity index (χ1) is 9.27. The minimum Gasteiger partial charge on any atom is -0.479 e. The van der Waals surface area contributed by atoms with Crippen LogP contribution in [0, 0.1) is 0 Å². The Balaban J connectivity index is 3.09. The van der Waals surface area contributed by atoms with Crippen LogP contribution in [0.15, 0.2) is 22.7 Å². The summed E-state index contributed by atoms with van der Waals surface area (Å²) in [5.74, 6) is -4.55. The van der Waals surface area contributed by atoms with Crippen molar-refractivity contribution in [3.05, 3.63) is 28.2 Å². The van der Waals surface area contributed by atoms with E-state index in [1.165, 1.54) is 32.2 Å². The summed E-state index contributed by atoms with van der Waals surface area (Å²) in [4.78, 5) is 10.8. The third-order valence-electron chi connectivity index (χ3n) is 2.61. The highest BCUT2D eigenvalue weighted by Crippen LogP contribution is 2.39. The van der Waals surface area contributed by atoms with Crippen molar-refractivity contribution < 1.29 is 28.2 Å². The van der Waals surface area contributed by atoms with Crippen molar-refractivity contribution in [2.75, 3.05) is 13.7 Å². The molecule has 4 nitrogen and oxygen atoms in total. The molecule has 0 aliphatic carbocycles. The van der Waals surface area contributed by atoms with Gasteiger partial charge in [-0.1, -0.05) is 15.9 Å². The summed E-state index contributed by atoms with van der Waals surface area (Å²) < 4.78 is 38.4. The number of benzene rings is 1. The molecule has 20 heavy (non-hydrogen) atoms. The summed E-state index contributed by atoms with van der Waals surface area (Å²) >= 11 is 3.12. The lowest BCUT2D eigenvalue weighted by Crippen LogP contribution is -2.25. The van der Waals surface area contributed by atoms with Gasteiger partial charge in [-0.2, -0.15) is 0 Å². The van der Waals surface area contributed by atoms with Gasteiger partial charge in [0.1, 0.15) is 5.75 Å². The second kappa shape index (κ2) is 6.99. The van der Waals surface area contributed by atoms with Crippen LogP contribution in [-0.2, 0) is 15.5 Å². The highest BCUT2D eigenvalue weighted by Gasteiger charge is 2.35. The standard InChI is InChI=1S/C13H15BrF2O4/c1-8(12(17)18)20-11-4-3-9(14)7-10(11)13(15,16)5-6-19-2/h3-4,7-8H,5-6H2,1-2H3,(H,17,18)/t8-/m0/s1. The van der Waals surface area contributed by atoms with E-state index in [2.05, 4.69) is 20.7 Å². The van der Waals surface area contributed by atoms with E-state index in [-0.39, 0.29) is 17.9 Å². The minimum atomic E-state index is -3.17. The maximum absolute atomic E-state index is 14.1. The van der Waals surface area contributed by atoms with Crippen LogP contribution in [0.1, 0.15) is 18.9 Å². The van der Waals surface area contributed by atoms with Gasteiger partial charge in [-0.25, -0.2) is 13.6 Å². The Morgan fingerprint density at radius 1 is 1.50 bits per heavy atom. The molecule has 0 amide bonds. The summed E-state index contributed by atoms with van der Waals surface area (Å²) in [6.07, 6.45) is -1.73. The fourth-order valence-electron chi connectivity index (χ4n) is 1.50. The highest BCUT2D eigenvalue weighted by atomic mass is 79.9. The molecule has 1 aromatic rings. The van der Waals surface area contributed by atoms with Gasteiger partial charge < -0.3 is 14.6 Å². The second-order valence-electron chi connectivity index (χ2n) is 4.19. The van der Waals surface area contributed by atoms with Crippen LogP contribution >= 0.6 is 15.9 Å². The first-order valence-corrected chi connectivity index (χ1v) is 6.63. The molecular formula is C13H15BrF2O4. The van der Waals surface area contributed by atoms with Gasteiger partial charge >= 0.3 is 5.97 Å². The fourth-order valence-corrected chi connectivity index (χ4v) is 1.86. The molecule has 0 aromatic heterocycles. The Labute approximate surface area is 123 Å². The first-order valence-electron chi connectivity index (χ1n) is 5.84. The predicted molar refractivity (Wildman–Crippen MR) is 72.3 cm³/mol. The van der Waals surface area contributed by atoms with Crippen LogP contribution in [-0.4, -0.2) is 30.9 Å². The van der Waals surface area contributed by atoms with E-state index >= 15 is 0 Å². The molecule has 0 spiro atoms. The number of halogens is 3. The number of aliphatic carboxylic acids is 1. The number of rotatable bonds is 7. The zero-order valence-electron chi connectivity index (χ0n) is 11.0. The minimum absolute atomic E-state index is 0.118. The summed E-state index contributed by atoms with van der Waals surface area (Å²) in [6, 6.07) is 4.05. The average molecular weight is 353 g/mol. The number of hydrogen-bond donors (Lipinski definition) is 1. The predicted octanol–water partition coefficient (Wildman–Crippen LogP) is 3.43. The third kappa shape index (κ3) is 4.42. The number of carboxylic acid groups (broad SMARTS) is 1. The zero-order valence-corrected chi connectivity index (χ0v) is 12.6. The van der Waals surface area contributed by atoms with Crippen LogP contribution in [0.3, 0.4) is 0 Å². The lowest BCUT2D eigenvalue weighted by atomic mass is 10.0. The van der Waals surface area contributed by atoms with E-state index in [9.17, 15) is 13.6 Å². The lowest BCUT2D eigenvalue weighted by Gasteiger charge is -2.21. The van der Waals surface area contributed by atoms with Gasteiger partial charge in [-0.05, 0) is 25.1 Å². The van der Waals surface area contributed by atoms with Crippen LogP contribution in [0.5, 0.6) is 5.75 Å². The molecule has 0 bridgehead atoms. The summed E-state index contributed by atoms with van der Waals surface area (Å²) in [6.45, 7) is 1.16. The van der Waals surface area contributed by atoms with Crippen molar-refractivity contribution in [1.82, 2.24) is 0 Å². The molecule has 7 heteroatoms. The Bertz CT molecular complexity index is 479. The molecule has 0 fully saturated rings. The number of alkyl halides is 2. The number of hydrogen-bond acceptors (Lipinski definition) is 3. The van der Waals surface area contributed by atoms with Crippen LogP contribution in [0.2, 0.25) is 0 Å². The molecule has 0 unspecified atom stereocenters. The molecule has 0 aliphatic heterocycles. The number of methoxy groups -OCH3 is 1. The molecular weight excluding hydrogens is 338 g/mol. The van der Waals surface area contributed by atoms with E-state index < -0.39 is 24.4 Å². The van der Waals surface area contributed by atoms with Crippen LogP contribution < -0.4 is 4.74 Å². The average Bonchev–Trinajstić information content (AvgIpc) is 2.38. The van der Waals surface area contributed by atoms with Crippen molar-refractivity contribution in [3.63, 3.8) is 0 Å². The second-order valence-corrected chi connectivity index (χ2v) is 5.10. The van der Waals surface area contributed by atoms with Crippen LogP contribution in [0.4, 0.5) is 8.78 Å². The highest BCUT2D eigenvalue weighted by molar-refractivity contribution is 9.10. The molecule has 0 aliphatic rings. The molecule has 0 radical (unpaired) electrons. The van der Waals surface area contributed by atoms with Gasteiger partial charge in [0.2, 0.25) is 0 Å². The zero-order chi connectivity index (χ0) is 15.3. The molecule has 1 aromatic carbocycles. The Kier molecular flexibility index (Phi) is 5.88. The van der Waals surface area contributed by atoms with Gasteiger partial charge in [0, 0.05) is 18.0 Å². The SMILES string of the molecule is COCCC(F)(F)c1cc(Br)ccc1O[C@@H](C)C(=O)O. The van der Waals surface area contributed by atoms with E-state index in [1.54, 1.807) is 0 Å². The first kappa shape index (κ1) is 16.8. The van der Waals surface area contributed by atoms with E-state index in [4.69, 9.17) is 9.84 Å². The molecule has 1 rings (SSSR count). The molecule has 1 atom stereocenters.